The lowest BCUT2D eigenvalue weighted by Gasteiger charge is -2.35. The quantitative estimate of drug-likeness (QED) is 0.858. The molecule has 1 aliphatic carbocycles. The van der Waals surface area contributed by atoms with Crippen LogP contribution in [0.25, 0.3) is 6.08 Å². The summed E-state index contributed by atoms with van der Waals surface area (Å²) in [7, 11) is 0. The number of pyridine rings is 1. The Hall–Kier alpha value is -2.66. The van der Waals surface area contributed by atoms with Crippen LogP contribution in [0.3, 0.4) is 0 Å². The number of hydrogen-bond acceptors (Lipinski definition) is 4. The maximum absolute atomic E-state index is 12.2. The van der Waals surface area contributed by atoms with E-state index < -0.39 is 0 Å². The third-order valence-electron chi connectivity index (χ3n) is 5.09. The fourth-order valence-electron chi connectivity index (χ4n) is 3.29. The zero-order chi connectivity index (χ0) is 18.5. The van der Waals surface area contributed by atoms with Crippen molar-refractivity contribution in [3.8, 4) is 0 Å². The number of anilines is 1. The molecule has 5 nitrogen and oxygen atoms in total. The third-order valence-corrected chi connectivity index (χ3v) is 5.09. The Bertz CT molecular complexity index is 793. The highest BCUT2D eigenvalue weighted by molar-refractivity contribution is 5.95. The minimum absolute atomic E-state index is 0.0193. The number of hydrogen-bond donors (Lipinski definition) is 1. The van der Waals surface area contributed by atoms with Crippen LogP contribution < -0.4 is 10.2 Å². The largest absolute Gasteiger partial charge is 0.354 e. The molecule has 2 aliphatic rings. The minimum atomic E-state index is 0.0193. The predicted octanol–water partition coefficient (Wildman–Crippen LogP) is 2.81. The van der Waals surface area contributed by atoms with Gasteiger partial charge in [0.05, 0.1) is 0 Å². The van der Waals surface area contributed by atoms with Crippen LogP contribution in [-0.2, 0) is 0 Å². The summed E-state index contributed by atoms with van der Waals surface area (Å²) in [5.41, 5.74) is 1.95. The Morgan fingerprint density at radius 3 is 2.63 bits per heavy atom. The Morgan fingerprint density at radius 2 is 1.89 bits per heavy atom. The zero-order valence-corrected chi connectivity index (χ0v) is 15.6. The number of nitrogens with zero attached hydrogens (tertiary/aromatic N) is 3. The molecular weight excluding hydrogens is 336 g/mol. The van der Waals surface area contributed by atoms with Gasteiger partial charge < -0.3 is 10.2 Å². The molecule has 0 spiro atoms. The lowest BCUT2D eigenvalue weighted by atomic mass is 10.2. The smallest absolute Gasteiger partial charge is 0.251 e. The Morgan fingerprint density at radius 1 is 1.11 bits per heavy atom. The molecular formula is C22H26N4O. The van der Waals surface area contributed by atoms with Gasteiger partial charge in [-0.2, -0.15) is 0 Å². The van der Waals surface area contributed by atoms with Gasteiger partial charge in [-0.1, -0.05) is 42.5 Å². The maximum atomic E-state index is 12.2. The summed E-state index contributed by atoms with van der Waals surface area (Å²) in [6, 6.07) is 14.5. The first-order chi connectivity index (χ1) is 13.3. The molecule has 1 aromatic heterocycles. The first kappa shape index (κ1) is 17.7. The van der Waals surface area contributed by atoms with Gasteiger partial charge in [-0.3, -0.25) is 9.69 Å². The minimum Gasteiger partial charge on any atom is -0.354 e. The van der Waals surface area contributed by atoms with Crippen LogP contribution in [0.5, 0.6) is 0 Å². The van der Waals surface area contributed by atoms with Crippen LogP contribution in [-0.4, -0.2) is 54.6 Å². The normalized spacial score (nSPS) is 18.0. The molecule has 140 valence electrons. The summed E-state index contributed by atoms with van der Waals surface area (Å²) < 4.78 is 0. The number of benzene rings is 1. The van der Waals surface area contributed by atoms with Gasteiger partial charge in [0.25, 0.3) is 5.91 Å². The summed E-state index contributed by atoms with van der Waals surface area (Å²) in [4.78, 5) is 21.4. The lowest BCUT2D eigenvalue weighted by molar-refractivity contribution is 0.0951. The van der Waals surface area contributed by atoms with Gasteiger partial charge in [-0.25, -0.2) is 4.98 Å². The maximum Gasteiger partial charge on any atom is 0.251 e. The van der Waals surface area contributed by atoms with E-state index in [9.17, 15) is 4.79 Å². The van der Waals surface area contributed by atoms with Gasteiger partial charge in [-0.15, -0.1) is 0 Å². The van der Waals surface area contributed by atoms with Crippen molar-refractivity contribution < 1.29 is 4.79 Å². The number of amides is 1. The number of carbonyl (C=O) groups excluding carboxylic acids is 1. The zero-order valence-electron chi connectivity index (χ0n) is 15.6. The fraction of sp³-hybridized carbons (Fsp3) is 0.364. The Balaban J connectivity index is 1.28. The summed E-state index contributed by atoms with van der Waals surface area (Å²) >= 11 is 0. The molecule has 1 amide bonds. The Labute approximate surface area is 160 Å². The van der Waals surface area contributed by atoms with Crippen molar-refractivity contribution in [3.63, 3.8) is 0 Å². The van der Waals surface area contributed by atoms with E-state index in [2.05, 4.69) is 56.5 Å². The van der Waals surface area contributed by atoms with E-state index in [1.807, 2.05) is 12.1 Å². The second-order valence-corrected chi connectivity index (χ2v) is 7.25. The molecule has 1 aromatic carbocycles. The molecule has 4 rings (SSSR count). The van der Waals surface area contributed by atoms with E-state index in [0.29, 0.717) is 11.6 Å². The summed E-state index contributed by atoms with van der Waals surface area (Å²) in [6.45, 7) is 4.82. The molecule has 1 saturated carbocycles. The molecule has 2 heterocycles. The van der Waals surface area contributed by atoms with Crippen molar-refractivity contribution in [2.24, 2.45) is 0 Å². The highest BCUT2D eigenvalue weighted by Gasteiger charge is 2.24. The van der Waals surface area contributed by atoms with E-state index >= 15 is 0 Å². The molecule has 0 unspecified atom stereocenters. The van der Waals surface area contributed by atoms with Crippen LogP contribution in [0, 0.1) is 0 Å². The van der Waals surface area contributed by atoms with Crippen molar-refractivity contribution >= 4 is 17.8 Å². The van der Waals surface area contributed by atoms with E-state index in [4.69, 9.17) is 0 Å². The standard InChI is InChI=1S/C22H26N4O/c27-22(24-20-8-9-20)19-10-11-23-21(17-19)26-15-13-25(14-16-26)12-4-7-18-5-2-1-3-6-18/h1-7,10-11,17,20H,8-9,12-16H2,(H,24,27)/b7-4+. The molecule has 5 heteroatoms. The monoisotopic (exact) mass is 362 g/mol. The fourth-order valence-corrected chi connectivity index (χ4v) is 3.29. The lowest BCUT2D eigenvalue weighted by Crippen LogP contribution is -2.46. The summed E-state index contributed by atoms with van der Waals surface area (Å²) in [6.07, 6.45) is 8.35. The van der Waals surface area contributed by atoms with E-state index in [0.717, 1.165) is 51.4 Å². The number of nitrogens with one attached hydrogen (secondary N) is 1. The van der Waals surface area contributed by atoms with Crippen LogP contribution in [0.15, 0.2) is 54.7 Å². The van der Waals surface area contributed by atoms with Gasteiger partial charge in [0.1, 0.15) is 5.82 Å². The van der Waals surface area contributed by atoms with Crippen LogP contribution >= 0.6 is 0 Å². The van der Waals surface area contributed by atoms with Crippen LogP contribution in [0.4, 0.5) is 5.82 Å². The number of carbonyl (C=O) groups is 1. The third kappa shape index (κ3) is 4.95. The van der Waals surface area contributed by atoms with Crippen molar-refractivity contribution in [1.29, 1.82) is 0 Å². The van der Waals surface area contributed by atoms with E-state index in [1.54, 1.807) is 12.3 Å². The number of piperazine rings is 1. The molecule has 1 aliphatic heterocycles. The van der Waals surface area contributed by atoms with Crippen LogP contribution in [0.1, 0.15) is 28.8 Å². The average Bonchev–Trinajstić information content (AvgIpc) is 3.53. The predicted molar refractivity (Wildman–Crippen MR) is 109 cm³/mol. The molecule has 0 atom stereocenters. The van der Waals surface area contributed by atoms with Crippen molar-refractivity contribution in [3.05, 3.63) is 65.9 Å². The highest BCUT2D eigenvalue weighted by atomic mass is 16.1. The number of aromatic nitrogens is 1. The van der Waals surface area contributed by atoms with Gasteiger partial charge in [0, 0.05) is 50.5 Å². The highest BCUT2D eigenvalue weighted by Crippen LogP contribution is 2.20. The van der Waals surface area contributed by atoms with Gasteiger partial charge in [0.2, 0.25) is 0 Å². The molecule has 0 radical (unpaired) electrons. The molecule has 1 saturated heterocycles. The van der Waals surface area contributed by atoms with E-state index in [1.165, 1.54) is 5.56 Å². The topological polar surface area (TPSA) is 48.5 Å². The van der Waals surface area contributed by atoms with Crippen molar-refractivity contribution in [1.82, 2.24) is 15.2 Å². The summed E-state index contributed by atoms with van der Waals surface area (Å²) in [5.74, 6) is 0.920. The Kier molecular flexibility index (Phi) is 5.49. The molecule has 27 heavy (non-hydrogen) atoms. The SMILES string of the molecule is O=C(NC1CC1)c1ccnc(N2CCN(C/C=C/c3ccccc3)CC2)c1. The molecule has 0 bridgehead atoms. The first-order valence-corrected chi connectivity index (χ1v) is 9.74. The second kappa shape index (κ2) is 8.35. The molecule has 1 N–H and O–H groups in total. The van der Waals surface area contributed by atoms with Gasteiger partial charge >= 0.3 is 0 Å². The summed E-state index contributed by atoms with van der Waals surface area (Å²) in [5, 5.41) is 3.04. The molecule has 2 aromatic rings. The van der Waals surface area contributed by atoms with Crippen molar-refractivity contribution in [2.75, 3.05) is 37.6 Å². The van der Waals surface area contributed by atoms with Crippen LogP contribution in [0.2, 0.25) is 0 Å². The van der Waals surface area contributed by atoms with E-state index in [-0.39, 0.29) is 5.91 Å². The van der Waals surface area contributed by atoms with Crippen molar-refractivity contribution in [2.45, 2.75) is 18.9 Å². The average molecular weight is 362 g/mol. The first-order valence-electron chi connectivity index (χ1n) is 9.74. The van der Waals surface area contributed by atoms with Gasteiger partial charge in [-0.05, 0) is 30.5 Å². The van der Waals surface area contributed by atoms with Gasteiger partial charge in [0.15, 0.2) is 0 Å². The second-order valence-electron chi connectivity index (χ2n) is 7.25. The number of rotatable bonds is 6. The molecule has 2 fully saturated rings.